The van der Waals surface area contributed by atoms with E-state index in [-0.39, 0.29) is 18.6 Å². The van der Waals surface area contributed by atoms with E-state index < -0.39 is 0 Å². The smallest absolute Gasteiger partial charge is 0.252 e. The van der Waals surface area contributed by atoms with Crippen molar-refractivity contribution in [2.75, 3.05) is 35.0 Å². The van der Waals surface area contributed by atoms with Crippen molar-refractivity contribution in [3.8, 4) is 34.3 Å². The van der Waals surface area contributed by atoms with Gasteiger partial charge in [-0.15, -0.1) is 0 Å². The maximum absolute atomic E-state index is 13.7. The molecule has 0 fully saturated rings. The van der Waals surface area contributed by atoms with E-state index in [1.54, 1.807) is 58.8 Å². The van der Waals surface area contributed by atoms with Gasteiger partial charge in [0, 0.05) is 23.6 Å². The predicted octanol–water partition coefficient (Wildman–Crippen LogP) is 4.66. The van der Waals surface area contributed by atoms with E-state index >= 15 is 0 Å². The molecule has 0 bridgehead atoms. The van der Waals surface area contributed by atoms with Gasteiger partial charge < -0.3 is 29.4 Å². The third kappa shape index (κ3) is 5.81. The highest BCUT2D eigenvalue weighted by atomic mass is 16.5. The second-order valence-electron chi connectivity index (χ2n) is 8.72. The zero-order chi connectivity index (χ0) is 27.1. The molecule has 4 aromatic rings. The molecule has 8 heteroatoms. The summed E-state index contributed by atoms with van der Waals surface area (Å²) in [7, 11) is 6.22. The van der Waals surface area contributed by atoms with Crippen molar-refractivity contribution in [3.63, 3.8) is 0 Å². The number of benzene rings is 3. The lowest BCUT2D eigenvalue weighted by Crippen LogP contribution is -2.37. The van der Waals surface area contributed by atoms with Gasteiger partial charge >= 0.3 is 0 Å². The van der Waals surface area contributed by atoms with E-state index in [1.165, 1.54) is 0 Å². The molecule has 0 aliphatic heterocycles. The average molecular weight is 517 g/mol. The number of hydrogen-bond acceptors (Lipinski definition) is 7. The highest BCUT2D eigenvalue weighted by Crippen LogP contribution is 2.41. The van der Waals surface area contributed by atoms with Gasteiger partial charge in [0.25, 0.3) is 5.91 Å². The Bertz CT molecular complexity index is 1380. The number of methoxy groups -OCH3 is 4. The number of aliphatic hydroxyl groups is 1. The summed E-state index contributed by atoms with van der Waals surface area (Å²) in [5.41, 5.74) is 3.40. The van der Waals surface area contributed by atoms with Crippen molar-refractivity contribution in [1.82, 2.24) is 10.3 Å². The first-order valence-electron chi connectivity index (χ1n) is 12.3. The summed E-state index contributed by atoms with van der Waals surface area (Å²) in [5, 5.41) is 13.4. The number of ether oxygens (including phenoxy) is 4. The Hall–Kier alpha value is -4.30. The van der Waals surface area contributed by atoms with Crippen molar-refractivity contribution in [1.29, 1.82) is 0 Å². The molecule has 1 aromatic heterocycles. The largest absolute Gasteiger partial charge is 0.497 e. The molecule has 8 nitrogen and oxygen atoms in total. The number of aromatic nitrogens is 1. The number of aliphatic hydroxyl groups excluding tert-OH is 1. The fourth-order valence-corrected chi connectivity index (χ4v) is 4.44. The molecule has 0 radical (unpaired) electrons. The van der Waals surface area contributed by atoms with Crippen LogP contribution in [-0.2, 0) is 6.42 Å². The minimum absolute atomic E-state index is 0.0423. The lowest BCUT2D eigenvalue weighted by atomic mass is 10.0. The normalized spacial score (nSPS) is 11.6. The minimum Gasteiger partial charge on any atom is -0.497 e. The molecule has 198 valence electrons. The number of hydrogen-bond donors (Lipinski definition) is 2. The SMILES string of the molecule is COc1ccc2nc(-c3cc(OC)c(OC)c(OC)c3)cc(C(=O)N[C@H](CCO)Cc3ccccc3)c2c1. The van der Waals surface area contributed by atoms with Gasteiger partial charge in [0.2, 0.25) is 5.75 Å². The van der Waals surface area contributed by atoms with Crippen molar-refractivity contribution < 1.29 is 28.8 Å². The predicted molar refractivity (Wildman–Crippen MR) is 146 cm³/mol. The fourth-order valence-electron chi connectivity index (χ4n) is 4.44. The lowest BCUT2D eigenvalue weighted by molar-refractivity contribution is 0.0932. The van der Waals surface area contributed by atoms with E-state index in [0.717, 1.165) is 5.56 Å². The number of fused-ring (bicyclic) bond motifs is 1. The molecule has 0 aliphatic carbocycles. The molecule has 38 heavy (non-hydrogen) atoms. The van der Waals surface area contributed by atoms with Gasteiger partial charge in [0.05, 0.1) is 45.2 Å². The summed E-state index contributed by atoms with van der Waals surface area (Å²) in [6.07, 6.45) is 1.02. The molecule has 0 unspecified atom stereocenters. The van der Waals surface area contributed by atoms with Gasteiger partial charge in [-0.2, -0.15) is 0 Å². The minimum atomic E-state index is -0.270. The summed E-state index contributed by atoms with van der Waals surface area (Å²) >= 11 is 0. The molecule has 2 N–H and O–H groups in total. The van der Waals surface area contributed by atoms with E-state index in [2.05, 4.69) is 5.32 Å². The number of pyridine rings is 1. The number of amides is 1. The van der Waals surface area contributed by atoms with Crippen molar-refractivity contribution in [2.24, 2.45) is 0 Å². The van der Waals surface area contributed by atoms with Gasteiger partial charge in [-0.05, 0) is 54.8 Å². The van der Waals surface area contributed by atoms with Gasteiger partial charge in [0.1, 0.15) is 5.75 Å². The Morgan fingerprint density at radius 3 is 2.21 bits per heavy atom. The van der Waals surface area contributed by atoms with Crippen LogP contribution in [0.15, 0.2) is 66.7 Å². The average Bonchev–Trinajstić information content (AvgIpc) is 2.95. The first-order valence-corrected chi connectivity index (χ1v) is 12.3. The highest BCUT2D eigenvalue weighted by molar-refractivity contribution is 6.07. The Kier molecular flexibility index (Phi) is 8.66. The maximum atomic E-state index is 13.7. The monoisotopic (exact) mass is 516 g/mol. The second-order valence-corrected chi connectivity index (χ2v) is 8.72. The molecule has 1 amide bonds. The number of carbonyl (C=O) groups is 1. The summed E-state index contributed by atoms with van der Waals surface area (Å²) in [6, 6.07) is 20.4. The van der Waals surface area contributed by atoms with Crippen LogP contribution in [0.25, 0.3) is 22.2 Å². The topological polar surface area (TPSA) is 99.1 Å². The molecule has 0 saturated heterocycles. The molecule has 0 spiro atoms. The zero-order valence-corrected chi connectivity index (χ0v) is 22.0. The zero-order valence-electron chi connectivity index (χ0n) is 22.0. The quantitative estimate of drug-likeness (QED) is 0.299. The summed E-state index contributed by atoms with van der Waals surface area (Å²) in [4.78, 5) is 18.6. The van der Waals surface area contributed by atoms with Gasteiger partial charge in [-0.25, -0.2) is 4.98 Å². The van der Waals surface area contributed by atoms with Crippen LogP contribution in [0.3, 0.4) is 0 Å². The molecule has 0 saturated carbocycles. The van der Waals surface area contributed by atoms with Crippen LogP contribution in [0.2, 0.25) is 0 Å². The first-order chi connectivity index (χ1) is 18.5. The second kappa shape index (κ2) is 12.3. The molecule has 1 atom stereocenters. The summed E-state index contributed by atoms with van der Waals surface area (Å²) in [5.74, 6) is 1.78. The van der Waals surface area contributed by atoms with E-state index in [0.29, 0.717) is 63.6 Å². The van der Waals surface area contributed by atoms with Crippen LogP contribution in [-0.4, -0.2) is 57.1 Å². The Balaban J connectivity index is 1.80. The van der Waals surface area contributed by atoms with Crippen LogP contribution in [0.1, 0.15) is 22.3 Å². The van der Waals surface area contributed by atoms with Crippen LogP contribution < -0.4 is 24.3 Å². The van der Waals surface area contributed by atoms with Crippen molar-refractivity contribution in [2.45, 2.75) is 18.9 Å². The Morgan fingerprint density at radius 1 is 0.895 bits per heavy atom. The van der Waals surface area contributed by atoms with Crippen LogP contribution >= 0.6 is 0 Å². The highest BCUT2D eigenvalue weighted by Gasteiger charge is 2.21. The van der Waals surface area contributed by atoms with Crippen LogP contribution in [0.5, 0.6) is 23.0 Å². The molecular formula is C30H32N2O6. The molecule has 3 aromatic carbocycles. The third-order valence-electron chi connectivity index (χ3n) is 6.36. The number of rotatable bonds is 11. The molecule has 0 aliphatic rings. The van der Waals surface area contributed by atoms with Gasteiger partial charge in [-0.1, -0.05) is 30.3 Å². The van der Waals surface area contributed by atoms with E-state index in [1.807, 2.05) is 36.4 Å². The standard InChI is InChI=1S/C30H32N2O6/c1-35-22-10-11-25-23(17-22)24(30(34)31-21(12-13-33)14-19-8-6-5-7-9-19)18-26(32-25)20-15-27(36-2)29(38-4)28(16-20)37-3/h5-11,15-18,21,33H,12-14H2,1-4H3,(H,31,34)/t21-/m1/s1. The van der Waals surface area contributed by atoms with Crippen LogP contribution in [0, 0.1) is 0 Å². The Morgan fingerprint density at radius 2 is 1.61 bits per heavy atom. The Labute approximate surface area is 222 Å². The third-order valence-corrected chi connectivity index (χ3v) is 6.36. The molecule has 4 rings (SSSR count). The van der Waals surface area contributed by atoms with E-state index in [9.17, 15) is 9.90 Å². The van der Waals surface area contributed by atoms with Gasteiger partial charge in [0.15, 0.2) is 11.5 Å². The number of nitrogens with one attached hydrogen (secondary N) is 1. The maximum Gasteiger partial charge on any atom is 0.252 e. The first kappa shape index (κ1) is 26.8. The summed E-state index contributed by atoms with van der Waals surface area (Å²) in [6.45, 7) is -0.0423. The van der Waals surface area contributed by atoms with E-state index in [4.69, 9.17) is 23.9 Å². The van der Waals surface area contributed by atoms with Crippen LogP contribution in [0.4, 0.5) is 0 Å². The molecular weight excluding hydrogens is 484 g/mol. The fraction of sp³-hybridized carbons (Fsp3) is 0.267. The number of carbonyl (C=O) groups excluding carboxylic acids is 1. The lowest BCUT2D eigenvalue weighted by Gasteiger charge is -2.19. The number of nitrogens with zero attached hydrogens (tertiary/aromatic N) is 1. The van der Waals surface area contributed by atoms with Gasteiger partial charge in [-0.3, -0.25) is 4.79 Å². The van der Waals surface area contributed by atoms with Crippen molar-refractivity contribution >= 4 is 16.8 Å². The summed E-state index contributed by atoms with van der Waals surface area (Å²) < 4.78 is 21.9. The molecule has 1 heterocycles. The van der Waals surface area contributed by atoms with Crippen molar-refractivity contribution in [3.05, 3.63) is 77.9 Å².